The third-order valence-corrected chi connectivity index (χ3v) is 10.3. The molecule has 9 rings (SSSR count). The standard InChI is InChI=1S/C46H35F3N2O/c1-26(2)37-23-32(28-11-6-5-7-12-28)24-38(27(3)4)42(37)51-43-34-14-9-8-13-29(34)18-20-40(43)50-45(51)36-16-10-15-35-39-22-30-17-19-33(46(47,48)49)21-31(30)25-41(39)52-44(35)36/h5-27H,1-4H3. The molecule has 7 aromatic carbocycles. The minimum absolute atomic E-state index is 0.187. The maximum Gasteiger partial charge on any atom is 0.416 e. The summed E-state index contributed by atoms with van der Waals surface area (Å²) in [6.07, 6.45) is -4.43. The van der Waals surface area contributed by atoms with Gasteiger partial charge in [0.1, 0.15) is 17.0 Å². The first kappa shape index (κ1) is 32.1. The van der Waals surface area contributed by atoms with E-state index in [1.807, 2.05) is 30.3 Å². The van der Waals surface area contributed by atoms with Crippen molar-refractivity contribution >= 4 is 54.5 Å². The van der Waals surface area contributed by atoms with Crippen molar-refractivity contribution < 1.29 is 17.6 Å². The smallest absolute Gasteiger partial charge is 0.416 e. The van der Waals surface area contributed by atoms with Crippen molar-refractivity contribution in [1.82, 2.24) is 9.55 Å². The predicted molar refractivity (Wildman–Crippen MR) is 207 cm³/mol. The normalized spacial score (nSPS) is 12.5. The van der Waals surface area contributed by atoms with E-state index in [9.17, 15) is 13.2 Å². The van der Waals surface area contributed by atoms with E-state index in [4.69, 9.17) is 9.40 Å². The molecule has 0 aliphatic carbocycles. The number of benzene rings is 7. The minimum Gasteiger partial charge on any atom is -0.455 e. The number of furan rings is 1. The molecule has 0 N–H and O–H groups in total. The molecule has 3 nitrogen and oxygen atoms in total. The van der Waals surface area contributed by atoms with Crippen LogP contribution in [0.2, 0.25) is 0 Å². The molecular weight excluding hydrogens is 654 g/mol. The summed E-state index contributed by atoms with van der Waals surface area (Å²) in [5.41, 5.74) is 9.05. The number of alkyl halides is 3. The van der Waals surface area contributed by atoms with Crippen LogP contribution in [0.5, 0.6) is 0 Å². The van der Waals surface area contributed by atoms with Gasteiger partial charge in [-0.05, 0) is 98.8 Å². The summed E-state index contributed by atoms with van der Waals surface area (Å²) in [5, 5.41) is 5.13. The number of rotatable bonds is 5. The topological polar surface area (TPSA) is 31.0 Å². The van der Waals surface area contributed by atoms with Crippen LogP contribution in [0, 0.1) is 0 Å². The van der Waals surface area contributed by atoms with Gasteiger partial charge in [-0.25, -0.2) is 4.98 Å². The number of hydrogen-bond donors (Lipinski definition) is 0. The quantitative estimate of drug-likeness (QED) is 0.180. The number of halogens is 3. The van der Waals surface area contributed by atoms with Gasteiger partial charge in [-0.2, -0.15) is 13.2 Å². The fourth-order valence-electron chi connectivity index (χ4n) is 7.75. The van der Waals surface area contributed by atoms with Gasteiger partial charge in [-0.1, -0.05) is 107 Å². The third kappa shape index (κ3) is 5.08. The lowest BCUT2D eigenvalue weighted by molar-refractivity contribution is -0.137. The molecule has 0 fully saturated rings. The third-order valence-electron chi connectivity index (χ3n) is 10.3. The maximum absolute atomic E-state index is 13.6. The monoisotopic (exact) mass is 688 g/mol. The van der Waals surface area contributed by atoms with E-state index in [0.29, 0.717) is 21.9 Å². The minimum atomic E-state index is -4.43. The molecule has 6 heteroatoms. The predicted octanol–water partition coefficient (Wildman–Crippen LogP) is 13.8. The zero-order chi connectivity index (χ0) is 35.9. The van der Waals surface area contributed by atoms with Crippen LogP contribution in [-0.4, -0.2) is 9.55 Å². The van der Waals surface area contributed by atoms with Gasteiger partial charge < -0.3 is 4.42 Å². The lowest BCUT2D eigenvalue weighted by Gasteiger charge is -2.24. The van der Waals surface area contributed by atoms with Crippen LogP contribution in [0.15, 0.2) is 132 Å². The molecule has 2 aromatic heterocycles. The average molecular weight is 689 g/mol. The van der Waals surface area contributed by atoms with Crippen LogP contribution in [0.25, 0.3) is 82.7 Å². The van der Waals surface area contributed by atoms with Crippen LogP contribution in [0.1, 0.15) is 56.2 Å². The molecule has 2 heterocycles. The molecule has 0 amide bonds. The highest BCUT2D eigenvalue weighted by atomic mass is 19.4. The van der Waals surface area contributed by atoms with Crippen molar-refractivity contribution in [2.75, 3.05) is 0 Å². The Morgan fingerprint density at radius 1 is 0.596 bits per heavy atom. The highest BCUT2D eigenvalue weighted by Crippen LogP contribution is 2.44. The molecular formula is C46H35F3N2O. The zero-order valence-corrected chi connectivity index (χ0v) is 29.2. The Labute approximate surface area is 298 Å². The van der Waals surface area contributed by atoms with E-state index >= 15 is 0 Å². The fourth-order valence-corrected chi connectivity index (χ4v) is 7.75. The van der Waals surface area contributed by atoms with Gasteiger partial charge in [0, 0.05) is 16.2 Å². The van der Waals surface area contributed by atoms with E-state index in [2.05, 4.69) is 105 Å². The number of para-hydroxylation sites is 1. The summed E-state index contributed by atoms with van der Waals surface area (Å²) in [7, 11) is 0. The summed E-state index contributed by atoms with van der Waals surface area (Å²) < 4.78 is 49.9. The first-order valence-corrected chi connectivity index (χ1v) is 17.7. The van der Waals surface area contributed by atoms with Gasteiger partial charge in [0.15, 0.2) is 0 Å². The van der Waals surface area contributed by atoms with Crippen LogP contribution in [-0.2, 0) is 6.18 Å². The number of fused-ring (bicyclic) bond motifs is 7. The van der Waals surface area contributed by atoms with Crippen molar-refractivity contribution in [3.05, 3.63) is 144 Å². The van der Waals surface area contributed by atoms with Gasteiger partial charge in [0.2, 0.25) is 0 Å². The Morgan fingerprint density at radius 2 is 1.29 bits per heavy atom. The van der Waals surface area contributed by atoms with E-state index < -0.39 is 11.7 Å². The molecule has 0 radical (unpaired) electrons. The number of nitrogens with zero attached hydrogens (tertiary/aromatic N) is 2. The number of hydrogen-bond acceptors (Lipinski definition) is 2. The van der Waals surface area contributed by atoms with Crippen LogP contribution < -0.4 is 0 Å². The van der Waals surface area contributed by atoms with Crippen molar-refractivity contribution in [3.8, 4) is 28.2 Å². The fraction of sp³-hybridized carbons (Fsp3) is 0.152. The summed E-state index contributed by atoms with van der Waals surface area (Å²) in [6.45, 7) is 8.96. The second-order valence-electron chi connectivity index (χ2n) is 14.3. The highest BCUT2D eigenvalue weighted by Gasteiger charge is 2.31. The lowest BCUT2D eigenvalue weighted by atomic mass is 9.88. The summed E-state index contributed by atoms with van der Waals surface area (Å²) >= 11 is 0. The lowest BCUT2D eigenvalue weighted by Crippen LogP contribution is -2.09. The molecule has 52 heavy (non-hydrogen) atoms. The molecule has 0 saturated carbocycles. The molecule has 9 aromatic rings. The molecule has 0 unspecified atom stereocenters. The molecule has 0 saturated heterocycles. The Balaban J connectivity index is 1.39. The van der Waals surface area contributed by atoms with Crippen molar-refractivity contribution in [2.24, 2.45) is 0 Å². The second-order valence-corrected chi connectivity index (χ2v) is 14.3. The molecule has 0 atom stereocenters. The highest BCUT2D eigenvalue weighted by molar-refractivity contribution is 6.14. The Morgan fingerprint density at radius 3 is 2.02 bits per heavy atom. The Bertz CT molecular complexity index is 2810. The Hall–Kier alpha value is -5.88. The number of imidazole rings is 1. The second kappa shape index (κ2) is 11.8. The first-order chi connectivity index (χ1) is 25.1. The van der Waals surface area contributed by atoms with Gasteiger partial charge in [-0.3, -0.25) is 4.57 Å². The van der Waals surface area contributed by atoms with Crippen LogP contribution in [0.3, 0.4) is 0 Å². The van der Waals surface area contributed by atoms with Gasteiger partial charge >= 0.3 is 6.18 Å². The SMILES string of the molecule is CC(C)c1cc(-c2ccccc2)cc(C(C)C)c1-n1c(-c2cccc3c2oc2cc4cc(C(F)(F)F)ccc4cc23)nc2ccc3ccccc3c21. The van der Waals surface area contributed by atoms with Gasteiger partial charge in [-0.15, -0.1) is 0 Å². The van der Waals surface area contributed by atoms with E-state index in [1.165, 1.54) is 34.4 Å². The molecule has 0 aliphatic heterocycles. The molecule has 256 valence electrons. The van der Waals surface area contributed by atoms with Gasteiger partial charge in [0.05, 0.1) is 27.8 Å². The summed E-state index contributed by atoms with van der Waals surface area (Å²) in [5.74, 6) is 1.12. The molecule has 0 aliphatic rings. The Kier molecular flexibility index (Phi) is 7.30. The average Bonchev–Trinajstić information content (AvgIpc) is 3.71. The van der Waals surface area contributed by atoms with E-state index in [1.54, 1.807) is 6.07 Å². The van der Waals surface area contributed by atoms with Crippen molar-refractivity contribution in [3.63, 3.8) is 0 Å². The van der Waals surface area contributed by atoms with E-state index in [-0.39, 0.29) is 11.8 Å². The maximum atomic E-state index is 13.6. The summed E-state index contributed by atoms with van der Waals surface area (Å²) in [6, 6.07) is 41.3. The summed E-state index contributed by atoms with van der Waals surface area (Å²) in [4.78, 5) is 5.38. The van der Waals surface area contributed by atoms with Crippen LogP contribution in [0.4, 0.5) is 13.2 Å². The molecule has 0 spiro atoms. The largest absolute Gasteiger partial charge is 0.455 e. The number of aromatic nitrogens is 2. The van der Waals surface area contributed by atoms with E-state index in [0.717, 1.165) is 55.7 Å². The van der Waals surface area contributed by atoms with Crippen molar-refractivity contribution in [1.29, 1.82) is 0 Å². The zero-order valence-electron chi connectivity index (χ0n) is 29.2. The van der Waals surface area contributed by atoms with Crippen LogP contribution >= 0.6 is 0 Å². The van der Waals surface area contributed by atoms with Crippen molar-refractivity contribution in [2.45, 2.75) is 45.7 Å². The first-order valence-electron chi connectivity index (χ1n) is 17.7. The van der Waals surface area contributed by atoms with Gasteiger partial charge in [0.25, 0.3) is 0 Å². The molecule has 0 bridgehead atoms.